The van der Waals surface area contributed by atoms with Gasteiger partial charge in [0.2, 0.25) is 27.7 Å². The largest absolute Gasteiger partial charge is 0.494 e. The molecule has 2 saturated carbocycles. The fraction of sp³-hybridized carbons (Fsp3) is 0.643. The Labute approximate surface area is 333 Å². The van der Waals surface area contributed by atoms with Crippen LogP contribution in [0.25, 0.3) is 10.8 Å². The molecule has 1 N–H and O–H groups in total. The number of hydrogen-bond donors (Lipinski definition) is 1. The summed E-state index contributed by atoms with van der Waals surface area (Å²) in [6.07, 6.45) is 7.45. The molecule has 2 aliphatic heterocycles. The number of aromatic nitrogens is 1. The van der Waals surface area contributed by atoms with Gasteiger partial charge in [-0.15, -0.1) is 0 Å². The maximum absolute atomic E-state index is 15.0. The van der Waals surface area contributed by atoms with Gasteiger partial charge in [0.15, 0.2) is 11.4 Å². The lowest BCUT2D eigenvalue weighted by Gasteiger charge is -2.35. The van der Waals surface area contributed by atoms with Gasteiger partial charge in [0, 0.05) is 30.5 Å². The highest BCUT2D eigenvalue weighted by Gasteiger charge is 2.62. The van der Waals surface area contributed by atoms with Crippen molar-refractivity contribution in [2.75, 3.05) is 13.7 Å². The summed E-state index contributed by atoms with van der Waals surface area (Å²) < 4.78 is 74.4. The van der Waals surface area contributed by atoms with E-state index in [1.165, 1.54) is 18.2 Å². The van der Waals surface area contributed by atoms with E-state index in [4.69, 9.17) is 14.2 Å². The average Bonchev–Trinajstić information content (AvgIpc) is 4.07. The van der Waals surface area contributed by atoms with Crippen LogP contribution in [0, 0.1) is 29.1 Å². The van der Waals surface area contributed by atoms with E-state index in [0.717, 1.165) is 25.7 Å². The molecule has 1 saturated heterocycles. The van der Waals surface area contributed by atoms with Gasteiger partial charge in [0.25, 0.3) is 5.92 Å². The normalized spacial score (nSPS) is 29.4. The zero-order valence-corrected chi connectivity index (χ0v) is 34.4. The van der Waals surface area contributed by atoms with E-state index in [1.807, 2.05) is 50.3 Å². The van der Waals surface area contributed by atoms with E-state index in [-0.39, 0.29) is 49.4 Å². The molecule has 12 nitrogen and oxygen atoms in total. The van der Waals surface area contributed by atoms with Crippen LogP contribution < -0.4 is 14.2 Å². The Balaban J connectivity index is 1.37. The number of benzene rings is 1. The van der Waals surface area contributed by atoms with Gasteiger partial charge in [-0.25, -0.2) is 22.2 Å². The molecule has 312 valence electrons. The van der Waals surface area contributed by atoms with Gasteiger partial charge in [-0.05, 0) is 76.2 Å². The third-order valence-corrected chi connectivity index (χ3v) is 14.4. The lowest BCUT2D eigenvalue weighted by Crippen LogP contribution is -2.48. The third kappa shape index (κ3) is 9.13. The predicted molar refractivity (Wildman–Crippen MR) is 208 cm³/mol. The number of halogens is 2. The van der Waals surface area contributed by atoms with Crippen LogP contribution in [0.5, 0.6) is 11.6 Å². The van der Waals surface area contributed by atoms with Crippen molar-refractivity contribution in [3.8, 4) is 11.6 Å². The number of carbonyl (C=O) groups is 4. The topological polar surface area (TPSA) is 158 Å². The van der Waals surface area contributed by atoms with Crippen molar-refractivity contribution in [2.24, 2.45) is 29.1 Å². The van der Waals surface area contributed by atoms with Crippen molar-refractivity contribution >= 4 is 44.4 Å². The quantitative estimate of drug-likeness (QED) is 0.195. The van der Waals surface area contributed by atoms with Crippen LogP contribution >= 0.6 is 0 Å². The molecule has 1 aromatic carbocycles. The number of pyridine rings is 1. The lowest BCUT2D eigenvalue weighted by atomic mass is 9.79. The van der Waals surface area contributed by atoms with Gasteiger partial charge < -0.3 is 19.1 Å². The van der Waals surface area contributed by atoms with E-state index in [0.29, 0.717) is 50.2 Å². The number of carbonyl (C=O) groups excluding carboxylic acids is 4. The SMILES string of the molecule is CC[C@@H]1C[C@@H](C)CC/C=C\[C@@H]2C[C@@]2(C(=O)NS(=O)(=O)C2CC2)CC(=O)[C@@H]2C[C@@H](Oc3ncc(OC)c4ccccc34)CN2C(=O)[C@H]1CC(=O)OC(C)(C)C(C)(F)F. The number of nitrogens with zero attached hydrogens (tertiary/aromatic N) is 2. The molecular weight excluding hydrogens is 761 g/mol. The molecule has 6 rings (SSSR count). The van der Waals surface area contributed by atoms with Gasteiger partial charge in [0.1, 0.15) is 11.9 Å². The van der Waals surface area contributed by atoms with Crippen molar-refractivity contribution in [1.29, 1.82) is 0 Å². The molecule has 4 aliphatic rings. The molecule has 0 radical (unpaired) electrons. The summed E-state index contributed by atoms with van der Waals surface area (Å²) in [5.74, 6) is -6.88. The summed E-state index contributed by atoms with van der Waals surface area (Å²) in [7, 11) is -2.38. The molecular formula is C42H55F2N3O9S. The monoisotopic (exact) mass is 815 g/mol. The Hall–Kier alpha value is -4.14. The van der Waals surface area contributed by atoms with Crippen LogP contribution in [-0.2, 0) is 33.9 Å². The first-order valence-electron chi connectivity index (χ1n) is 20.0. The highest BCUT2D eigenvalue weighted by molar-refractivity contribution is 7.90. The molecule has 0 unspecified atom stereocenters. The Morgan fingerprint density at radius 1 is 1.07 bits per heavy atom. The molecule has 2 aromatic rings. The number of allylic oxidation sites excluding steroid dienone is 2. The Kier molecular flexibility index (Phi) is 12.1. The van der Waals surface area contributed by atoms with Crippen LogP contribution in [0.3, 0.4) is 0 Å². The van der Waals surface area contributed by atoms with E-state index in [2.05, 4.69) is 9.71 Å². The third-order valence-electron chi connectivity index (χ3n) is 12.5. The molecule has 3 heterocycles. The Bertz CT molecular complexity index is 2010. The number of amides is 2. The first-order chi connectivity index (χ1) is 26.8. The summed E-state index contributed by atoms with van der Waals surface area (Å²) in [5.41, 5.74) is -3.47. The zero-order chi connectivity index (χ0) is 41.5. The average molecular weight is 816 g/mol. The molecule has 7 atom stereocenters. The summed E-state index contributed by atoms with van der Waals surface area (Å²) in [4.78, 5) is 63.0. The van der Waals surface area contributed by atoms with E-state index in [1.54, 1.807) is 0 Å². The Morgan fingerprint density at radius 2 is 1.77 bits per heavy atom. The van der Waals surface area contributed by atoms with Gasteiger partial charge in [-0.1, -0.05) is 50.6 Å². The first-order valence-corrected chi connectivity index (χ1v) is 21.6. The maximum Gasteiger partial charge on any atom is 0.307 e. The summed E-state index contributed by atoms with van der Waals surface area (Å²) in [5, 5.41) is 0.749. The van der Waals surface area contributed by atoms with Gasteiger partial charge in [0.05, 0.1) is 48.9 Å². The second kappa shape index (κ2) is 16.2. The minimum atomic E-state index is -3.91. The summed E-state index contributed by atoms with van der Waals surface area (Å²) in [6, 6.07) is 6.24. The molecule has 0 bridgehead atoms. The first kappa shape index (κ1) is 42.5. The number of esters is 1. The van der Waals surface area contributed by atoms with Crippen molar-refractivity contribution in [3.05, 3.63) is 42.6 Å². The van der Waals surface area contributed by atoms with Crippen molar-refractivity contribution in [1.82, 2.24) is 14.6 Å². The van der Waals surface area contributed by atoms with Crippen molar-refractivity contribution < 1.29 is 50.6 Å². The number of ketones is 1. The van der Waals surface area contributed by atoms with Crippen molar-refractivity contribution in [3.63, 3.8) is 0 Å². The Morgan fingerprint density at radius 3 is 2.42 bits per heavy atom. The number of rotatable bonds is 11. The zero-order valence-electron chi connectivity index (χ0n) is 33.6. The highest BCUT2D eigenvalue weighted by atomic mass is 32.2. The fourth-order valence-corrected chi connectivity index (χ4v) is 9.78. The van der Waals surface area contributed by atoms with Crippen molar-refractivity contribution in [2.45, 2.75) is 128 Å². The number of nitrogens with one attached hydrogen (secondary N) is 1. The highest BCUT2D eigenvalue weighted by Crippen LogP contribution is 2.57. The molecule has 15 heteroatoms. The smallest absolute Gasteiger partial charge is 0.307 e. The molecule has 57 heavy (non-hydrogen) atoms. The van der Waals surface area contributed by atoms with Gasteiger partial charge >= 0.3 is 5.97 Å². The second-order valence-electron chi connectivity index (χ2n) is 17.1. The van der Waals surface area contributed by atoms with Crippen LogP contribution in [-0.4, -0.2) is 84.4 Å². The van der Waals surface area contributed by atoms with E-state index in [9.17, 15) is 31.6 Å². The lowest BCUT2D eigenvalue weighted by molar-refractivity contribution is -0.197. The summed E-state index contributed by atoms with van der Waals surface area (Å²) in [6.45, 7) is 6.80. The minimum Gasteiger partial charge on any atom is -0.494 e. The van der Waals surface area contributed by atoms with Crippen LogP contribution in [0.2, 0.25) is 0 Å². The fourth-order valence-electron chi connectivity index (χ4n) is 8.39. The number of sulfonamides is 1. The van der Waals surface area contributed by atoms with Crippen LogP contribution in [0.1, 0.15) is 98.8 Å². The molecule has 3 fully saturated rings. The number of fused-ring (bicyclic) bond motifs is 3. The molecule has 1 aromatic heterocycles. The standard InChI is InChI=1S/C42H55F2N3O9S/c1-7-26-18-25(2)12-8-9-13-27-21-42(27,39(51)46-57(52,53)29-16-17-29)22-34(48)33-19-28(55-37-31-15-11-10-14-30(31)35(54-6)23-45-37)24-47(33)38(50)32(26)20-36(49)56-40(3,4)41(5,43)44/h9-11,13-15,23,25-29,32-33H,7-8,12,16-22,24H2,1-6H3,(H,46,51)/b13-9-/t25-,26+,27+,28+,32-,33-,42+/m0/s1. The van der Waals surface area contributed by atoms with Crippen LogP contribution in [0.15, 0.2) is 42.6 Å². The molecule has 2 amide bonds. The van der Waals surface area contributed by atoms with Crippen LogP contribution in [0.4, 0.5) is 8.78 Å². The van der Waals surface area contributed by atoms with Gasteiger partial charge in [-0.3, -0.25) is 23.9 Å². The number of hydrogen-bond acceptors (Lipinski definition) is 10. The number of Topliss-reactive ketones (excluding diaryl/α,β-unsaturated/α-hetero) is 1. The summed E-state index contributed by atoms with van der Waals surface area (Å²) >= 11 is 0. The van der Waals surface area contributed by atoms with E-state index < -0.39 is 80.3 Å². The van der Waals surface area contributed by atoms with Gasteiger partial charge in [-0.2, -0.15) is 0 Å². The number of methoxy groups -OCH3 is 1. The van der Waals surface area contributed by atoms with E-state index >= 15 is 4.79 Å². The number of alkyl halides is 2. The predicted octanol–water partition coefficient (Wildman–Crippen LogP) is 6.55. The molecule has 0 spiro atoms. The second-order valence-corrected chi connectivity index (χ2v) is 19.1. The minimum absolute atomic E-state index is 0.0324. The maximum atomic E-state index is 15.0. The number of ether oxygens (including phenoxy) is 3. The molecule has 2 aliphatic carbocycles.